The molecule has 1 aromatic heterocycles. The number of anilines is 2. The van der Waals surface area contributed by atoms with E-state index in [1.54, 1.807) is 7.11 Å². The molecule has 0 radical (unpaired) electrons. The fraction of sp³-hybridized carbons (Fsp3) is 0.429. The van der Waals surface area contributed by atoms with Crippen LogP contribution in [0.25, 0.3) is 10.9 Å². The molecule has 1 saturated heterocycles. The van der Waals surface area contributed by atoms with Crippen LogP contribution in [-0.2, 0) is 9.47 Å². The fourth-order valence-electron chi connectivity index (χ4n) is 2.44. The number of nitrogens with one attached hydrogen (secondary N) is 1. The van der Waals surface area contributed by atoms with Crippen molar-refractivity contribution in [3.05, 3.63) is 24.3 Å². The van der Waals surface area contributed by atoms with Gasteiger partial charge in [0.1, 0.15) is 11.4 Å². The van der Waals surface area contributed by atoms with Crippen molar-refractivity contribution in [2.24, 2.45) is 0 Å². The monoisotopic (exact) mass is 274 g/mol. The van der Waals surface area contributed by atoms with Gasteiger partial charge < -0.3 is 20.5 Å². The molecule has 0 amide bonds. The Labute approximate surface area is 117 Å². The van der Waals surface area contributed by atoms with Gasteiger partial charge in [-0.2, -0.15) is 4.98 Å². The van der Waals surface area contributed by atoms with Gasteiger partial charge in [-0.1, -0.05) is 12.1 Å². The minimum atomic E-state index is -0.291. The van der Waals surface area contributed by atoms with Gasteiger partial charge in [-0.3, -0.25) is 0 Å². The summed E-state index contributed by atoms with van der Waals surface area (Å²) in [5, 5.41) is 4.28. The normalized spacial score (nSPS) is 22.2. The number of methoxy groups -OCH3 is 1. The highest BCUT2D eigenvalue weighted by molar-refractivity contribution is 5.89. The van der Waals surface area contributed by atoms with Crippen molar-refractivity contribution in [1.29, 1.82) is 0 Å². The van der Waals surface area contributed by atoms with Gasteiger partial charge in [0.2, 0.25) is 5.95 Å². The van der Waals surface area contributed by atoms with Crippen molar-refractivity contribution in [2.45, 2.75) is 12.0 Å². The first-order valence-corrected chi connectivity index (χ1v) is 6.61. The SMILES string of the molecule is COC1(CNc2nc(N)nc3ccccc23)CCOC1. The molecule has 20 heavy (non-hydrogen) atoms. The lowest BCUT2D eigenvalue weighted by atomic mass is 10.0. The summed E-state index contributed by atoms with van der Waals surface area (Å²) in [7, 11) is 1.71. The van der Waals surface area contributed by atoms with E-state index < -0.39 is 0 Å². The maximum atomic E-state index is 5.76. The Kier molecular flexibility index (Phi) is 3.42. The van der Waals surface area contributed by atoms with Crippen molar-refractivity contribution in [3.8, 4) is 0 Å². The molecule has 0 saturated carbocycles. The molecule has 106 valence electrons. The van der Waals surface area contributed by atoms with Gasteiger partial charge in [0, 0.05) is 32.1 Å². The number of nitrogen functional groups attached to an aromatic ring is 1. The topological polar surface area (TPSA) is 82.3 Å². The second-order valence-corrected chi connectivity index (χ2v) is 4.99. The van der Waals surface area contributed by atoms with E-state index >= 15 is 0 Å². The van der Waals surface area contributed by atoms with E-state index in [-0.39, 0.29) is 11.5 Å². The summed E-state index contributed by atoms with van der Waals surface area (Å²) in [5.41, 5.74) is 6.30. The van der Waals surface area contributed by atoms with Crippen LogP contribution in [-0.4, -0.2) is 42.4 Å². The lowest BCUT2D eigenvalue weighted by Crippen LogP contribution is -2.39. The standard InChI is InChI=1S/C14H18N4O2/c1-19-14(6-7-20-9-14)8-16-12-10-4-2-3-5-11(10)17-13(15)18-12/h2-5H,6-9H2,1H3,(H3,15,16,17,18). The second kappa shape index (κ2) is 5.22. The third kappa shape index (κ3) is 2.39. The molecular weight excluding hydrogens is 256 g/mol. The molecule has 1 atom stereocenters. The number of hydrogen-bond acceptors (Lipinski definition) is 6. The Balaban J connectivity index is 1.87. The van der Waals surface area contributed by atoms with E-state index in [1.807, 2.05) is 24.3 Å². The van der Waals surface area contributed by atoms with Crippen molar-refractivity contribution in [3.63, 3.8) is 0 Å². The van der Waals surface area contributed by atoms with Gasteiger partial charge in [0.25, 0.3) is 0 Å². The highest BCUT2D eigenvalue weighted by atomic mass is 16.5. The van der Waals surface area contributed by atoms with Crippen molar-refractivity contribution in [2.75, 3.05) is 37.9 Å². The van der Waals surface area contributed by atoms with Crippen LogP contribution < -0.4 is 11.1 Å². The predicted octanol–water partition coefficient (Wildman–Crippen LogP) is 1.43. The predicted molar refractivity (Wildman–Crippen MR) is 77.6 cm³/mol. The molecule has 1 aromatic carbocycles. The number of aromatic nitrogens is 2. The molecule has 1 unspecified atom stereocenters. The number of nitrogens with two attached hydrogens (primary N) is 1. The average molecular weight is 274 g/mol. The zero-order valence-electron chi connectivity index (χ0n) is 11.4. The molecule has 1 fully saturated rings. The first-order valence-electron chi connectivity index (χ1n) is 6.61. The zero-order valence-corrected chi connectivity index (χ0v) is 11.4. The molecule has 6 heteroatoms. The quantitative estimate of drug-likeness (QED) is 0.877. The summed E-state index contributed by atoms with van der Waals surface area (Å²) >= 11 is 0. The second-order valence-electron chi connectivity index (χ2n) is 4.99. The van der Waals surface area contributed by atoms with E-state index in [9.17, 15) is 0 Å². The molecule has 3 N–H and O–H groups in total. The largest absolute Gasteiger partial charge is 0.378 e. The number of nitrogens with zero attached hydrogens (tertiary/aromatic N) is 2. The van der Waals surface area contributed by atoms with Gasteiger partial charge in [-0.05, 0) is 12.1 Å². The third-order valence-corrected chi connectivity index (χ3v) is 3.70. The number of para-hydroxylation sites is 1. The van der Waals surface area contributed by atoms with Crippen LogP contribution in [0.2, 0.25) is 0 Å². The number of rotatable bonds is 4. The molecule has 0 aliphatic carbocycles. The van der Waals surface area contributed by atoms with E-state index in [1.165, 1.54) is 0 Å². The van der Waals surface area contributed by atoms with Crippen LogP contribution in [0.5, 0.6) is 0 Å². The molecule has 2 heterocycles. The first-order chi connectivity index (χ1) is 9.72. The van der Waals surface area contributed by atoms with E-state index in [2.05, 4.69) is 15.3 Å². The average Bonchev–Trinajstić information content (AvgIpc) is 2.94. The summed E-state index contributed by atoms with van der Waals surface area (Å²) in [6, 6.07) is 7.78. The van der Waals surface area contributed by atoms with E-state index in [0.717, 1.165) is 29.7 Å². The number of ether oxygens (including phenoxy) is 2. The van der Waals surface area contributed by atoms with Crippen molar-refractivity contribution < 1.29 is 9.47 Å². The molecular formula is C14H18N4O2. The highest BCUT2D eigenvalue weighted by Gasteiger charge is 2.34. The molecule has 1 aliphatic rings. The summed E-state index contributed by atoms with van der Waals surface area (Å²) in [4.78, 5) is 8.51. The molecule has 0 bridgehead atoms. The summed E-state index contributed by atoms with van der Waals surface area (Å²) < 4.78 is 11.0. The number of fused-ring (bicyclic) bond motifs is 1. The van der Waals surface area contributed by atoms with Crippen LogP contribution in [0.3, 0.4) is 0 Å². The van der Waals surface area contributed by atoms with E-state index in [4.69, 9.17) is 15.2 Å². The minimum absolute atomic E-state index is 0.264. The van der Waals surface area contributed by atoms with Crippen LogP contribution in [0.1, 0.15) is 6.42 Å². The Morgan fingerprint density at radius 2 is 2.25 bits per heavy atom. The number of hydrogen-bond donors (Lipinski definition) is 2. The Hall–Kier alpha value is -1.92. The zero-order chi connectivity index (χ0) is 14.0. The minimum Gasteiger partial charge on any atom is -0.378 e. The molecule has 2 aromatic rings. The van der Waals surface area contributed by atoms with Gasteiger partial charge in [0.15, 0.2) is 0 Å². The summed E-state index contributed by atoms with van der Waals surface area (Å²) in [6.45, 7) is 1.95. The lowest BCUT2D eigenvalue weighted by Gasteiger charge is -2.26. The summed E-state index contributed by atoms with van der Waals surface area (Å²) in [5.74, 6) is 0.997. The Morgan fingerprint density at radius 1 is 1.40 bits per heavy atom. The maximum Gasteiger partial charge on any atom is 0.222 e. The number of benzene rings is 1. The molecule has 0 spiro atoms. The van der Waals surface area contributed by atoms with Gasteiger partial charge in [-0.25, -0.2) is 4.98 Å². The molecule has 6 nitrogen and oxygen atoms in total. The third-order valence-electron chi connectivity index (χ3n) is 3.70. The maximum absolute atomic E-state index is 5.76. The fourth-order valence-corrected chi connectivity index (χ4v) is 2.44. The van der Waals surface area contributed by atoms with Gasteiger partial charge in [0.05, 0.1) is 12.1 Å². The van der Waals surface area contributed by atoms with Crippen LogP contribution in [0, 0.1) is 0 Å². The van der Waals surface area contributed by atoms with E-state index in [0.29, 0.717) is 13.2 Å². The van der Waals surface area contributed by atoms with Crippen molar-refractivity contribution in [1.82, 2.24) is 9.97 Å². The van der Waals surface area contributed by atoms with Gasteiger partial charge in [-0.15, -0.1) is 0 Å². The summed E-state index contributed by atoms with van der Waals surface area (Å²) in [6.07, 6.45) is 0.870. The van der Waals surface area contributed by atoms with Gasteiger partial charge >= 0.3 is 0 Å². The Morgan fingerprint density at radius 3 is 3.00 bits per heavy atom. The first kappa shape index (κ1) is 13.1. The molecule has 3 rings (SSSR count). The lowest BCUT2D eigenvalue weighted by molar-refractivity contribution is -0.00623. The van der Waals surface area contributed by atoms with Crippen LogP contribution in [0.4, 0.5) is 11.8 Å². The smallest absolute Gasteiger partial charge is 0.222 e. The Bertz CT molecular complexity index is 611. The highest BCUT2D eigenvalue weighted by Crippen LogP contribution is 2.25. The van der Waals surface area contributed by atoms with Crippen molar-refractivity contribution >= 4 is 22.7 Å². The van der Waals surface area contributed by atoms with Crippen LogP contribution in [0.15, 0.2) is 24.3 Å². The van der Waals surface area contributed by atoms with Crippen LogP contribution >= 0.6 is 0 Å². The molecule has 1 aliphatic heterocycles.